The van der Waals surface area contributed by atoms with Crippen LogP contribution >= 0.6 is 0 Å². The molecule has 0 aromatic heterocycles. The zero-order chi connectivity index (χ0) is 16.6. The fourth-order valence-electron chi connectivity index (χ4n) is 4.95. The Morgan fingerprint density at radius 2 is 1.61 bits per heavy atom. The zero-order valence-electron chi connectivity index (χ0n) is 14.5. The summed E-state index contributed by atoms with van der Waals surface area (Å²) in [7, 11) is 0. The van der Waals surface area contributed by atoms with Crippen LogP contribution in [0.2, 0.25) is 0 Å². The summed E-state index contributed by atoms with van der Waals surface area (Å²) in [6.07, 6.45) is 6.89. The first-order valence-corrected chi connectivity index (χ1v) is 9.04. The lowest BCUT2D eigenvalue weighted by molar-refractivity contribution is -0.125. The molecule has 0 radical (unpaired) electrons. The van der Waals surface area contributed by atoms with Gasteiger partial charge in [-0.2, -0.15) is 5.10 Å². The van der Waals surface area contributed by atoms with Gasteiger partial charge in [-0.05, 0) is 62.7 Å². The molecule has 128 valence electrons. The molecule has 0 aromatic carbocycles. The van der Waals surface area contributed by atoms with Gasteiger partial charge in [-0.25, -0.2) is 5.43 Å². The van der Waals surface area contributed by atoms with Crippen LogP contribution < -0.4 is 10.7 Å². The number of hydrazone groups is 1. The van der Waals surface area contributed by atoms with Crippen LogP contribution in [0.1, 0.15) is 59.3 Å². The monoisotopic (exact) mass is 319 g/mol. The third-order valence-electron chi connectivity index (χ3n) is 5.85. The molecule has 5 nitrogen and oxygen atoms in total. The predicted octanol–water partition coefficient (Wildman–Crippen LogP) is 2.47. The molecular weight excluding hydrogens is 290 g/mol. The van der Waals surface area contributed by atoms with Crippen molar-refractivity contribution in [2.75, 3.05) is 0 Å². The lowest BCUT2D eigenvalue weighted by Crippen LogP contribution is -2.56. The van der Waals surface area contributed by atoms with E-state index in [4.69, 9.17) is 0 Å². The first-order chi connectivity index (χ1) is 10.9. The number of hydrogen-bond acceptors (Lipinski definition) is 3. The van der Waals surface area contributed by atoms with E-state index in [0.717, 1.165) is 11.8 Å². The van der Waals surface area contributed by atoms with Gasteiger partial charge in [-0.15, -0.1) is 0 Å². The molecule has 4 rings (SSSR count). The summed E-state index contributed by atoms with van der Waals surface area (Å²) >= 11 is 0. The van der Waals surface area contributed by atoms with Gasteiger partial charge in [0.25, 0.3) is 0 Å². The predicted molar refractivity (Wildman–Crippen MR) is 89.7 cm³/mol. The van der Waals surface area contributed by atoms with Crippen molar-refractivity contribution in [2.45, 2.75) is 65.3 Å². The molecule has 4 saturated carbocycles. The molecule has 4 bridgehead atoms. The number of carbonyl (C=O) groups is 2. The Kier molecular flexibility index (Phi) is 4.74. The van der Waals surface area contributed by atoms with E-state index in [-0.39, 0.29) is 24.2 Å². The third kappa shape index (κ3) is 3.75. The van der Waals surface area contributed by atoms with Crippen molar-refractivity contribution in [3.8, 4) is 0 Å². The van der Waals surface area contributed by atoms with Gasteiger partial charge in [0.05, 0.1) is 6.42 Å². The molecular formula is C18H29N3O2. The van der Waals surface area contributed by atoms with E-state index in [1.165, 1.54) is 32.1 Å². The molecule has 0 saturated heterocycles. The highest BCUT2D eigenvalue weighted by atomic mass is 16.2. The maximum absolute atomic E-state index is 12.3. The largest absolute Gasteiger partial charge is 0.352 e. The van der Waals surface area contributed by atoms with E-state index in [0.29, 0.717) is 23.6 Å². The van der Waals surface area contributed by atoms with Crippen LogP contribution in [-0.2, 0) is 9.59 Å². The summed E-state index contributed by atoms with van der Waals surface area (Å²) in [5.41, 5.74) is 3.16. The molecule has 23 heavy (non-hydrogen) atoms. The number of nitrogens with zero attached hydrogens (tertiary/aromatic N) is 1. The van der Waals surface area contributed by atoms with E-state index in [9.17, 15) is 9.59 Å². The van der Waals surface area contributed by atoms with Crippen molar-refractivity contribution < 1.29 is 9.59 Å². The van der Waals surface area contributed by atoms with Gasteiger partial charge in [-0.3, -0.25) is 9.59 Å². The third-order valence-corrected chi connectivity index (χ3v) is 5.85. The fourth-order valence-corrected chi connectivity index (χ4v) is 4.95. The molecule has 4 fully saturated rings. The standard InChI is InChI=1S/C18H29N3O2/c1-10(2)18(23)21-20-11(3)4-16(22)19-17-14-6-12-5-13(8-14)9-15(17)7-12/h10,12-15,17H,4-9H2,1-3H3,(H,19,22)(H,21,23)/b20-11+. The van der Waals surface area contributed by atoms with Crippen LogP contribution in [0.15, 0.2) is 5.10 Å². The summed E-state index contributed by atoms with van der Waals surface area (Å²) in [6.45, 7) is 5.43. The van der Waals surface area contributed by atoms with Crippen molar-refractivity contribution in [3.63, 3.8) is 0 Å². The lowest BCUT2D eigenvalue weighted by Gasteiger charge is -2.54. The molecule has 0 atom stereocenters. The lowest BCUT2D eigenvalue weighted by atomic mass is 9.54. The van der Waals surface area contributed by atoms with Crippen LogP contribution in [0, 0.1) is 29.6 Å². The van der Waals surface area contributed by atoms with Crippen LogP contribution in [0.3, 0.4) is 0 Å². The minimum Gasteiger partial charge on any atom is -0.352 e. The number of nitrogens with one attached hydrogen (secondary N) is 2. The molecule has 0 spiro atoms. The van der Waals surface area contributed by atoms with Gasteiger partial charge in [0.1, 0.15) is 0 Å². The molecule has 0 unspecified atom stereocenters. The summed E-state index contributed by atoms with van der Waals surface area (Å²) in [5, 5.41) is 7.30. The molecule has 2 amide bonds. The SMILES string of the molecule is C/C(CC(=O)NC1C2CC3CC(C2)CC1C3)=N\NC(=O)C(C)C. The van der Waals surface area contributed by atoms with Crippen LogP contribution in [0.4, 0.5) is 0 Å². The van der Waals surface area contributed by atoms with Crippen LogP contribution in [0.25, 0.3) is 0 Å². The second-order valence-corrected chi connectivity index (χ2v) is 8.18. The van der Waals surface area contributed by atoms with Crippen LogP contribution in [-0.4, -0.2) is 23.6 Å². The summed E-state index contributed by atoms with van der Waals surface area (Å²) < 4.78 is 0. The Bertz CT molecular complexity index is 484. The molecule has 4 aliphatic carbocycles. The van der Waals surface area contributed by atoms with Gasteiger partial charge in [0.15, 0.2) is 0 Å². The second-order valence-electron chi connectivity index (χ2n) is 8.18. The van der Waals surface area contributed by atoms with E-state index in [1.807, 2.05) is 13.8 Å². The second kappa shape index (κ2) is 6.62. The minimum atomic E-state index is -0.120. The van der Waals surface area contributed by atoms with E-state index in [1.54, 1.807) is 6.92 Å². The number of amides is 2. The number of hydrogen-bond donors (Lipinski definition) is 2. The topological polar surface area (TPSA) is 70.6 Å². The quantitative estimate of drug-likeness (QED) is 0.603. The highest BCUT2D eigenvalue weighted by Crippen LogP contribution is 2.53. The highest BCUT2D eigenvalue weighted by Gasteiger charge is 2.48. The van der Waals surface area contributed by atoms with Crippen molar-refractivity contribution in [1.82, 2.24) is 10.7 Å². The summed E-state index contributed by atoms with van der Waals surface area (Å²) in [6, 6.07) is 0.369. The Hall–Kier alpha value is -1.39. The van der Waals surface area contributed by atoms with E-state index in [2.05, 4.69) is 15.8 Å². The van der Waals surface area contributed by atoms with Crippen molar-refractivity contribution in [2.24, 2.45) is 34.7 Å². The van der Waals surface area contributed by atoms with Gasteiger partial charge in [0, 0.05) is 17.7 Å². The Morgan fingerprint density at radius 1 is 1.04 bits per heavy atom. The highest BCUT2D eigenvalue weighted by molar-refractivity contribution is 6.00. The molecule has 0 heterocycles. The smallest absolute Gasteiger partial charge is 0.242 e. The fraction of sp³-hybridized carbons (Fsp3) is 0.833. The van der Waals surface area contributed by atoms with Gasteiger partial charge in [0.2, 0.25) is 11.8 Å². The van der Waals surface area contributed by atoms with Crippen LogP contribution in [0.5, 0.6) is 0 Å². The number of rotatable bonds is 5. The Labute approximate surface area is 138 Å². The summed E-state index contributed by atoms with van der Waals surface area (Å²) in [5.74, 6) is 3.03. The first kappa shape index (κ1) is 16.5. The average Bonchev–Trinajstić information content (AvgIpc) is 2.47. The maximum atomic E-state index is 12.3. The maximum Gasteiger partial charge on any atom is 0.242 e. The van der Waals surface area contributed by atoms with Crippen molar-refractivity contribution in [3.05, 3.63) is 0 Å². The average molecular weight is 319 g/mol. The Morgan fingerprint density at radius 3 is 2.13 bits per heavy atom. The molecule has 4 aliphatic rings. The minimum absolute atomic E-state index is 0.0440. The Balaban J connectivity index is 1.50. The molecule has 0 aliphatic heterocycles. The zero-order valence-corrected chi connectivity index (χ0v) is 14.5. The van der Waals surface area contributed by atoms with Gasteiger partial charge < -0.3 is 5.32 Å². The first-order valence-electron chi connectivity index (χ1n) is 9.04. The van der Waals surface area contributed by atoms with Crippen molar-refractivity contribution >= 4 is 17.5 Å². The molecule has 0 aromatic rings. The van der Waals surface area contributed by atoms with E-state index >= 15 is 0 Å². The molecule has 5 heteroatoms. The van der Waals surface area contributed by atoms with E-state index < -0.39 is 0 Å². The molecule has 2 N–H and O–H groups in total. The van der Waals surface area contributed by atoms with Gasteiger partial charge in [-0.1, -0.05) is 13.8 Å². The van der Waals surface area contributed by atoms with Crippen molar-refractivity contribution in [1.29, 1.82) is 0 Å². The summed E-state index contributed by atoms with van der Waals surface area (Å²) in [4.78, 5) is 23.8. The van der Waals surface area contributed by atoms with Gasteiger partial charge >= 0.3 is 0 Å². The normalized spacial score (nSPS) is 35.5. The number of carbonyl (C=O) groups excluding carboxylic acids is 2.